The highest BCUT2D eigenvalue weighted by atomic mass is 16.5. The normalized spacial score (nSPS) is 12.8. The average molecular weight is 222 g/mol. The van der Waals surface area contributed by atoms with Crippen LogP contribution in [0.25, 0.3) is 0 Å². The Labute approximate surface area is 98.2 Å². The highest BCUT2D eigenvalue weighted by Gasteiger charge is 2.07. The van der Waals surface area contributed by atoms with Crippen LogP contribution in [0.5, 0.6) is 5.75 Å². The zero-order valence-corrected chi connectivity index (χ0v) is 10.4. The zero-order valence-electron chi connectivity index (χ0n) is 10.4. The van der Waals surface area contributed by atoms with Crippen LogP contribution < -0.4 is 10.1 Å². The second kappa shape index (κ2) is 7.23. The van der Waals surface area contributed by atoms with Crippen LogP contribution in [0.1, 0.15) is 33.6 Å². The molecule has 90 valence electrons. The summed E-state index contributed by atoms with van der Waals surface area (Å²) in [5, 5.41) is 3.49. The summed E-state index contributed by atoms with van der Waals surface area (Å²) in [5.41, 5.74) is 0. The molecule has 1 N–H and O–H groups in total. The van der Waals surface area contributed by atoms with E-state index in [1.807, 2.05) is 12.1 Å². The molecule has 16 heavy (non-hydrogen) atoms. The molecule has 3 heteroatoms. The van der Waals surface area contributed by atoms with Crippen LogP contribution in [0.15, 0.2) is 24.5 Å². The van der Waals surface area contributed by atoms with Crippen molar-refractivity contribution in [3.05, 3.63) is 24.5 Å². The number of nitrogens with one attached hydrogen (secondary N) is 1. The second-order valence-corrected chi connectivity index (χ2v) is 4.04. The smallest absolute Gasteiger partial charge is 0.138 e. The molecule has 3 nitrogen and oxygen atoms in total. The molecule has 0 aliphatic rings. The summed E-state index contributed by atoms with van der Waals surface area (Å²) in [6.07, 6.45) is 5.99. The Balaban J connectivity index is 2.28. The quantitative estimate of drug-likeness (QED) is 0.770. The number of rotatable bonds is 7. The highest BCUT2D eigenvalue weighted by Crippen LogP contribution is 2.08. The summed E-state index contributed by atoms with van der Waals surface area (Å²) < 4.78 is 5.73. The highest BCUT2D eigenvalue weighted by molar-refractivity contribution is 5.15. The van der Waals surface area contributed by atoms with Crippen molar-refractivity contribution in [3.63, 3.8) is 0 Å². The van der Waals surface area contributed by atoms with Crippen LogP contribution in [-0.4, -0.2) is 23.7 Å². The molecule has 1 aromatic heterocycles. The third-order valence-electron chi connectivity index (χ3n) is 2.65. The minimum Gasteiger partial charge on any atom is -0.488 e. The summed E-state index contributed by atoms with van der Waals surface area (Å²) in [6, 6.07) is 4.41. The first-order valence-corrected chi connectivity index (χ1v) is 6.06. The lowest BCUT2D eigenvalue weighted by Crippen LogP contribution is -2.36. The van der Waals surface area contributed by atoms with Crippen molar-refractivity contribution in [1.82, 2.24) is 10.3 Å². The van der Waals surface area contributed by atoms with E-state index in [-0.39, 0.29) is 6.10 Å². The molecule has 1 aromatic rings. The van der Waals surface area contributed by atoms with Crippen LogP contribution in [0.3, 0.4) is 0 Å². The molecule has 0 aliphatic carbocycles. The van der Waals surface area contributed by atoms with Gasteiger partial charge >= 0.3 is 0 Å². The van der Waals surface area contributed by atoms with Gasteiger partial charge in [0.1, 0.15) is 11.9 Å². The maximum Gasteiger partial charge on any atom is 0.138 e. The molecule has 0 aromatic carbocycles. The maximum absolute atomic E-state index is 5.73. The van der Waals surface area contributed by atoms with E-state index >= 15 is 0 Å². The topological polar surface area (TPSA) is 34.1 Å². The van der Waals surface area contributed by atoms with Crippen LogP contribution in [-0.2, 0) is 0 Å². The van der Waals surface area contributed by atoms with E-state index in [4.69, 9.17) is 4.74 Å². The van der Waals surface area contributed by atoms with Gasteiger partial charge in [-0.15, -0.1) is 0 Å². The lowest BCUT2D eigenvalue weighted by Gasteiger charge is -2.19. The Morgan fingerprint density at radius 3 is 2.69 bits per heavy atom. The molecule has 1 heterocycles. The number of pyridine rings is 1. The summed E-state index contributed by atoms with van der Waals surface area (Å²) in [7, 11) is 0. The monoisotopic (exact) mass is 222 g/mol. The van der Waals surface area contributed by atoms with Gasteiger partial charge < -0.3 is 10.1 Å². The molecule has 0 fully saturated rings. The third-order valence-corrected chi connectivity index (χ3v) is 2.65. The van der Waals surface area contributed by atoms with E-state index in [1.54, 1.807) is 12.4 Å². The van der Waals surface area contributed by atoms with Crippen molar-refractivity contribution in [2.45, 2.75) is 45.8 Å². The van der Waals surface area contributed by atoms with E-state index in [0.29, 0.717) is 6.04 Å². The third kappa shape index (κ3) is 4.62. The molecule has 1 rings (SSSR count). The molecule has 0 unspecified atom stereocenters. The van der Waals surface area contributed by atoms with E-state index in [9.17, 15) is 0 Å². The van der Waals surface area contributed by atoms with Gasteiger partial charge in [0.25, 0.3) is 0 Å². The van der Waals surface area contributed by atoms with E-state index in [1.165, 1.54) is 0 Å². The molecule has 1 atom stereocenters. The van der Waals surface area contributed by atoms with E-state index in [0.717, 1.165) is 25.1 Å². The fraction of sp³-hybridized carbons (Fsp3) is 0.615. The first-order valence-electron chi connectivity index (χ1n) is 6.06. The van der Waals surface area contributed by atoms with Gasteiger partial charge in [0.15, 0.2) is 0 Å². The van der Waals surface area contributed by atoms with Gasteiger partial charge in [0.05, 0.1) is 6.20 Å². The number of nitrogens with zero attached hydrogens (tertiary/aromatic N) is 1. The van der Waals surface area contributed by atoms with Crippen molar-refractivity contribution in [2.75, 3.05) is 6.54 Å². The summed E-state index contributed by atoms with van der Waals surface area (Å²) in [4.78, 5) is 4.02. The standard InChI is InChI=1S/C13H22N2O/c1-4-12(5-2)15-9-11(3)16-13-7-6-8-14-10-13/h6-8,10-12,15H,4-5,9H2,1-3H3/t11-/m1/s1. The van der Waals surface area contributed by atoms with Crippen LogP contribution >= 0.6 is 0 Å². The summed E-state index contributed by atoms with van der Waals surface area (Å²) in [6.45, 7) is 7.35. The number of aromatic nitrogens is 1. The molecular formula is C13H22N2O. The minimum absolute atomic E-state index is 0.171. The van der Waals surface area contributed by atoms with Gasteiger partial charge in [-0.3, -0.25) is 4.98 Å². The van der Waals surface area contributed by atoms with Gasteiger partial charge in [-0.2, -0.15) is 0 Å². The van der Waals surface area contributed by atoms with E-state index < -0.39 is 0 Å². The molecular weight excluding hydrogens is 200 g/mol. The van der Waals surface area contributed by atoms with E-state index in [2.05, 4.69) is 31.1 Å². The van der Waals surface area contributed by atoms with Crippen molar-refractivity contribution >= 4 is 0 Å². The zero-order chi connectivity index (χ0) is 11.8. The fourth-order valence-electron chi connectivity index (χ4n) is 1.60. The predicted molar refractivity (Wildman–Crippen MR) is 66.7 cm³/mol. The predicted octanol–water partition coefficient (Wildman–Crippen LogP) is 2.63. The second-order valence-electron chi connectivity index (χ2n) is 4.04. The molecule has 0 spiro atoms. The van der Waals surface area contributed by atoms with Crippen LogP contribution in [0.2, 0.25) is 0 Å². The van der Waals surface area contributed by atoms with Gasteiger partial charge in [-0.25, -0.2) is 0 Å². The largest absolute Gasteiger partial charge is 0.488 e. The Morgan fingerprint density at radius 2 is 2.12 bits per heavy atom. The summed E-state index contributed by atoms with van der Waals surface area (Å²) in [5.74, 6) is 0.835. The Hall–Kier alpha value is -1.09. The Bertz CT molecular complexity index is 273. The van der Waals surface area contributed by atoms with Gasteiger partial charge in [0, 0.05) is 18.8 Å². The average Bonchev–Trinajstić information content (AvgIpc) is 2.31. The number of hydrogen-bond acceptors (Lipinski definition) is 3. The number of ether oxygens (including phenoxy) is 1. The SMILES string of the molecule is CCC(CC)NC[C@@H](C)Oc1cccnc1. The van der Waals surface area contributed by atoms with Crippen molar-refractivity contribution in [3.8, 4) is 5.75 Å². The molecule has 0 bridgehead atoms. The molecule has 0 aliphatic heterocycles. The first-order chi connectivity index (χ1) is 7.76. The lowest BCUT2D eigenvalue weighted by atomic mass is 10.1. The maximum atomic E-state index is 5.73. The number of hydrogen-bond donors (Lipinski definition) is 1. The van der Waals surface area contributed by atoms with Crippen LogP contribution in [0, 0.1) is 0 Å². The van der Waals surface area contributed by atoms with Crippen molar-refractivity contribution < 1.29 is 4.74 Å². The lowest BCUT2D eigenvalue weighted by molar-refractivity contribution is 0.209. The van der Waals surface area contributed by atoms with Gasteiger partial charge in [-0.05, 0) is 31.9 Å². The molecule has 0 saturated carbocycles. The van der Waals surface area contributed by atoms with Crippen LogP contribution in [0.4, 0.5) is 0 Å². The van der Waals surface area contributed by atoms with Gasteiger partial charge in [-0.1, -0.05) is 13.8 Å². The Kier molecular flexibility index (Phi) is 5.86. The molecule has 0 radical (unpaired) electrons. The van der Waals surface area contributed by atoms with Crippen molar-refractivity contribution in [1.29, 1.82) is 0 Å². The molecule has 0 saturated heterocycles. The first kappa shape index (κ1) is 13.0. The molecule has 0 amide bonds. The Morgan fingerprint density at radius 1 is 1.38 bits per heavy atom. The minimum atomic E-state index is 0.171. The fourth-order valence-corrected chi connectivity index (χ4v) is 1.60. The van der Waals surface area contributed by atoms with Crippen molar-refractivity contribution in [2.24, 2.45) is 0 Å². The summed E-state index contributed by atoms with van der Waals surface area (Å²) >= 11 is 0. The van der Waals surface area contributed by atoms with Gasteiger partial charge in [0.2, 0.25) is 0 Å².